The van der Waals surface area contributed by atoms with Crippen LogP contribution >= 0.6 is 0 Å². The van der Waals surface area contributed by atoms with Crippen molar-refractivity contribution in [3.8, 4) is 0 Å². The molecule has 0 aliphatic heterocycles. The molecule has 48 valence electrons. The Morgan fingerprint density at radius 2 is 1.50 bits per heavy atom. The Morgan fingerprint density at radius 3 is 1.50 bits per heavy atom. The molecule has 0 amide bonds. The second kappa shape index (κ2) is 4.73. The van der Waals surface area contributed by atoms with Crippen LogP contribution in [0, 0.1) is 0 Å². The number of nitrogens with zero attached hydrogens (tertiary/aromatic N) is 1. The molecule has 0 saturated heterocycles. The van der Waals surface area contributed by atoms with Gasteiger partial charge in [0.15, 0.2) is 0 Å². The van der Waals surface area contributed by atoms with Crippen LogP contribution in [0.5, 0.6) is 0 Å². The Bertz CT molecular complexity index is 50.5. The molecule has 0 fully saturated rings. The van der Waals surface area contributed by atoms with Crippen molar-refractivity contribution in [2.24, 2.45) is 0 Å². The van der Waals surface area contributed by atoms with E-state index in [2.05, 4.69) is 25.5 Å². The van der Waals surface area contributed by atoms with Gasteiger partial charge in [0.25, 0.3) is 0 Å². The van der Waals surface area contributed by atoms with Crippen molar-refractivity contribution in [2.45, 2.75) is 22.8 Å². The summed E-state index contributed by atoms with van der Waals surface area (Å²) >= 11 is -1.15. The monoisotopic (exact) mass is 307 g/mol. The Morgan fingerprint density at radius 1 is 1.12 bits per heavy atom. The van der Waals surface area contributed by atoms with Crippen LogP contribution in [-0.2, 0) is 0 Å². The van der Waals surface area contributed by atoms with Crippen molar-refractivity contribution in [1.29, 1.82) is 0 Å². The fourth-order valence-corrected chi connectivity index (χ4v) is 6.63. The molecule has 8 heavy (non-hydrogen) atoms. The Kier molecular flexibility index (Phi) is 5.25. The molecule has 1 nitrogen and oxygen atoms in total. The van der Waals surface area contributed by atoms with Gasteiger partial charge in [0.05, 0.1) is 0 Å². The fourth-order valence-electron chi connectivity index (χ4n) is 0.954. The van der Waals surface area contributed by atoms with Crippen LogP contribution in [0.25, 0.3) is 0 Å². The van der Waals surface area contributed by atoms with E-state index in [-0.39, 0.29) is 0 Å². The summed E-state index contributed by atoms with van der Waals surface area (Å²) in [5.74, 6) is 0. The average molecular weight is 307 g/mol. The van der Waals surface area contributed by atoms with Crippen molar-refractivity contribution < 1.29 is 0 Å². The predicted molar refractivity (Wildman–Crippen MR) is 40.4 cm³/mol. The summed E-state index contributed by atoms with van der Waals surface area (Å²) in [6, 6.07) is 0. The second-order valence-electron chi connectivity index (χ2n) is 2.31. The molecule has 2 heteroatoms. The summed E-state index contributed by atoms with van der Waals surface area (Å²) < 4.78 is 7.54. The van der Waals surface area contributed by atoms with E-state index in [0.29, 0.717) is 0 Å². The summed E-state index contributed by atoms with van der Waals surface area (Å²) in [6.45, 7) is 7.05. The van der Waals surface area contributed by atoms with E-state index in [1.54, 1.807) is 0 Å². The quantitative estimate of drug-likeness (QED) is 0.716. The van der Waals surface area contributed by atoms with Crippen LogP contribution in [0.15, 0.2) is 0 Å². The van der Waals surface area contributed by atoms with Gasteiger partial charge in [-0.2, -0.15) is 0 Å². The van der Waals surface area contributed by atoms with Gasteiger partial charge < -0.3 is 0 Å². The summed E-state index contributed by atoms with van der Waals surface area (Å²) in [4.78, 5) is 0. The maximum absolute atomic E-state index is 2.64. The molecular formula is C6H16NTl. The first-order valence-corrected chi connectivity index (χ1v) is 14.4. The molecule has 0 aliphatic rings. The van der Waals surface area contributed by atoms with E-state index in [1.807, 2.05) is 0 Å². The van der Waals surface area contributed by atoms with E-state index in [9.17, 15) is 0 Å². The van der Waals surface area contributed by atoms with E-state index in [1.165, 1.54) is 13.1 Å². The summed E-state index contributed by atoms with van der Waals surface area (Å²) in [7, 11) is 0. The molecule has 0 rings (SSSR count). The molecule has 0 aromatic rings. The molecule has 0 radical (unpaired) electrons. The van der Waals surface area contributed by atoms with Gasteiger partial charge in [-0.15, -0.1) is 0 Å². The third kappa shape index (κ3) is 3.02. The summed E-state index contributed by atoms with van der Waals surface area (Å²) in [5.41, 5.74) is 0. The van der Waals surface area contributed by atoms with Crippen molar-refractivity contribution in [3.05, 3.63) is 0 Å². The molecule has 0 unspecified atom stereocenters. The van der Waals surface area contributed by atoms with Gasteiger partial charge in [0, 0.05) is 0 Å². The maximum atomic E-state index is 2.64. The minimum atomic E-state index is -1.15. The molecule has 0 N–H and O–H groups in total. The Hall–Kier alpha value is 0.882. The van der Waals surface area contributed by atoms with Gasteiger partial charge in [-0.25, -0.2) is 0 Å². The molecule has 0 saturated carbocycles. The van der Waals surface area contributed by atoms with Crippen LogP contribution in [0.1, 0.15) is 13.8 Å². The first-order valence-electron chi connectivity index (χ1n) is 3.46. The minimum absolute atomic E-state index is 1.15. The first-order chi connectivity index (χ1) is 3.72. The van der Waals surface area contributed by atoms with Gasteiger partial charge in [0.2, 0.25) is 0 Å². The fraction of sp³-hybridized carbons (Fsp3) is 1.00. The van der Waals surface area contributed by atoms with Crippen LogP contribution in [-0.4, -0.2) is 38.8 Å². The third-order valence-electron chi connectivity index (χ3n) is 1.54. The van der Waals surface area contributed by atoms with Gasteiger partial charge in [-0.05, 0) is 0 Å². The van der Waals surface area contributed by atoms with Crippen molar-refractivity contribution in [3.63, 3.8) is 0 Å². The first kappa shape index (κ1) is 8.88. The summed E-state index contributed by atoms with van der Waals surface area (Å²) in [6.07, 6.45) is 0. The zero-order valence-corrected chi connectivity index (χ0v) is 10.9. The molecule has 0 aromatic carbocycles. The van der Waals surface area contributed by atoms with E-state index >= 15 is 0 Å². The molecular weight excluding hydrogens is 290 g/mol. The predicted octanol–water partition coefficient (Wildman–Crippen LogP) is 1.58. The second-order valence-corrected chi connectivity index (χ2v) is 13.7. The molecule has 0 aromatic heterocycles. The van der Waals surface area contributed by atoms with Gasteiger partial charge >= 0.3 is 61.6 Å². The average Bonchev–Trinajstić information content (AvgIpc) is 1.69. The van der Waals surface area contributed by atoms with Gasteiger partial charge in [-0.1, -0.05) is 0 Å². The third-order valence-corrected chi connectivity index (χ3v) is 10.1. The molecule has 0 heterocycles. The number of hydrogen-bond donors (Lipinski definition) is 0. The SMILES string of the molecule is CC[N](CC)[Tl]([CH3])[CH3]. The van der Waals surface area contributed by atoms with Crippen molar-refractivity contribution >= 4 is 23.0 Å². The number of rotatable bonds is 3. The molecule has 0 spiro atoms. The van der Waals surface area contributed by atoms with Crippen LogP contribution < -0.4 is 0 Å². The zero-order valence-electron chi connectivity index (χ0n) is 6.44. The topological polar surface area (TPSA) is 3.24 Å². The Balaban J connectivity index is 3.35. The van der Waals surface area contributed by atoms with Gasteiger partial charge in [0.1, 0.15) is 0 Å². The Labute approximate surface area is 61.6 Å². The van der Waals surface area contributed by atoms with E-state index in [0.717, 1.165) is 0 Å². The number of hydrogen-bond acceptors (Lipinski definition) is 1. The zero-order chi connectivity index (χ0) is 6.57. The van der Waals surface area contributed by atoms with Crippen molar-refractivity contribution in [1.82, 2.24) is 2.71 Å². The van der Waals surface area contributed by atoms with Crippen LogP contribution in [0.2, 0.25) is 8.97 Å². The molecule has 0 aliphatic carbocycles. The molecule has 0 atom stereocenters. The van der Waals surface area contributed by atoms with Crippen LogP contribution in [0.4, 0.5) is 0 Å². The summed E-state index contributed by atoms with van der Waals surface area (Å²) in [5, 5.41) is 0. The molecule has 0 bridgehead atoms. The van der Waals surface area contributed by atoms with E-state index in [4.69, 9.17) is 0 Å². The normalized spacial score (nSPS) is 10.1. The van der Waals surface area contributed by atoms with Gasteiger partial charge in [-0.3, -0.25) is 0 Å². The van der Waals surface area contributed by atoms with Crippen LogP contribution in [0.3, 0.4) is 0 Å². The standard InChI is InChI=1S/C4H10N.2CH3.Tl/c1-3-5-4-2;;;/h3-4H2,1-2H3;2*1H3;/q-1;;;+1. The van der Waals surface area contributed by atoms with Crippen molar-refractivity contribution in [2.75, 3.05) is 13.1 Å². The van der Waals surface area contributed by atoms with E-state index < -0.39 is 23.0 Å².